The maximum atomic E-state index is 15.3. The number of aliphatic hydroxyl groups is 4. The standard InChI is InChI=1S/C46H61N5O8.H2O4S/c1-6-42(56)24-28-25-45(41(55)59-5,36-30(14-19-50(26-28)27-42)29-12-8-9-13-33(29)48-36)32-22-31-34(23-35(32)58-4)49(3)38-44(31)16-20-51-18-10-15-43(7-2,37(44)51)39(53)46(38,57)40(54)47-17-11-21-52;1-5(2,3)4/h8-10,12-13,15,22-23,28,37-39,48,52-53,56-57H,6-7,11,14,16-21,24-27H2,1-5H3,(H,47,54);(H2,1,2,3,4)/t28-,37+,38-,39-,42+,43-,44-,45+,46+;/m1./s1. The van der Waals surface area contributed by atoms with Crippen LogP contribution in [0.2, 0.25) is 0 Å². The molecule has 1 unspecified atom stereocenters. The third kappa shape index (κ3) is 6.89. The molecule has 6 heterocycles. The number of H-pyrrole nitrogens is 1. The molecule has 8 N–H and O–H groups in total. The van der Waals surface area contributed by atoms with Crippen LogP contribution in [0.3, 0.4) is 0 Å². The molecule has 3 fully saturated rings. The lowest BCUT2D eigenvalue weighted by molar-refractivity contribution is -0.203. The average molecular weight is 910 g/mol. The molecule has 1 aromatic heterocycles. The van der Waals surface area contributed by atoms with Gasteiger partial charge in [-0.15, -0.1) is 0 Å². The van der Waals surface area contributed by atoms with E-state index in [-0.39, 0.29) is 25.1 Å². The lowest BCUT2D eigenvalue weighted by atomic mass is 9.47. The predicted octanol–water partition coefficient (Wildman–Crippen LogP) is 2.09. The lowest BCUT2D eigenvalue weighted by Crippen LogP contribution is -2.81. The number of amides is 1. The number of carbonyl (C=O) groups excluding carboxylic acids is 2. The largest absolute Gasteiger partial charge is 0.496 e. The van der Waals surface area contributed by atoms with E-state index in [9.17, 15) is 25.2 Å². The van der Waals surface area contributed by atoms with Gasteiger partial charge in [-0.1, -0.05) is 44.2 Å². The van der Waals surface area contributed by atoms with Crippen LogP contribution in [0, 0.1) is 11.3 Å². The number of nitrogens with one attached hydrogen (secondary N) is 2. The van der Waals surface area contributed by atoms with Crippen LogP contribution < -0.4 is 15.0 Å². The fourth-order valence-corrected chi connectivity index (χ4v) is 13.5. The van der Waals surface area contributed by atoms with Gasteiger partial charge in [-0.3, -0.25) is 28.5 Å². The van der Waals surface area contributed by atoms with Crippen molar-refractivity contribution < 1.29 is 57.0 Å². The van der Waals surface area contributed by atoms with Crippen molar-refractivity contribution in [2.45, 2.75) is 99.0 Å². The summed E-state index contributed by atoms with van der Waals surface area (Å²) >= 11 is 0. The number of hydrogen-bond acceptors (Lipinski definition) is 13. The predicted molar refractivity (Wildman–Crippen MR) is 238 cm³/mol. The summed E-state index contributed by atoms with van der Waals surface area (Å²) in [6, 6.07) is 11.0. The topological polar surface area (TPSA) is 246 Å². The van der Waals surface area contributed by atoms with Crippen LogP contribution in [0.5, 0.6) is 5.75 Å². The van der Waals surface area contributed by atoms with E-state index in [0.29, 0.717) is 89.0 Å². The monoisotopic (exact) mass is 909 g/mol. The highest BCUT2D eigenvalue weighted by atomic mass is 32.3. The Bertz CT molecular complexity index is 2440. The number of nitrogens with zero attached hydrogens (tertiary/aromatic N) is 3. The number of rotatable bonds is 9. The van der Waals surface area contributed by atoms with Gasteiger partial charge >= 0.3 is 16.4 Å². The van der Waals surface area contributed by atoms with Gasteiger partial charge in [-0.25, -0.2) is 0 Å². The fourth-order valence-electron chi connectivity index (χ4n) is 13.5. The maximum Gasteiger partial charge on any atom is 0.394 e. The maximum absolute atomic E-state index is 15.3. The smallest absolute Gasteiger partial charge is 0.394 e. The molecule has 350 valence electrons. The molecular weight excluding hydrogens is 847 g/mol. The zero-order chi connectivity index (χ0) is 46.2. The first-order valence-corrected chi connectivity index (χ1v) is 23.7. The molecule has 18 heteroatoms. The summed E-state index contributed by atoms with van der Waals surface area (Å²) in [4.78, 5) is 40.4. The van der Waals surface area contributed by atoms with Crippen molar-refractivity contribution in [2.24, 2.45) is 11.3 Å². The number of hydrogen-bond donors (Lipinski definition) is 8. The van der Waals surface area contributed by atoms with E-state index in [4.69, 9.17) is 27.0 Å². The molecular formula is C46H63N5O12S. The molecule has 17 nitrogen and oxygen atoms in total. The first-order valence-electron chi connectivity index (χ1n) is 22.3. The number of benzene rings is 2. The molecule has 1 amide bonds. The molecule has 1 saturated carbocycles. The van der Waals surface area contributed by atoms with Gasteiger partial charge in [0.05, 0.1) is 25.9 Å². The molecule has 0 radical (unpaired) electrons. The fraction of sp³-hybridized carbons (Fsp3) is 0.609. The first kappa shape index (κ1) is 46.4. The molecule has 1 aliphatic carbocycles. The molecule has 2 bridgehead atoms. The van der Waals surface area contributed by atoms with E-state index in [2.05, 4.69) is 38.3 Å². The van der Waals surface area contributed by atoms with Crippen LogP contribution in [0.15, 0.2) is 48.6 Å². The molecule has 2 saturated heterocycles. The van der Waals surface area contributed by atoms with Crippen LogP contribution in [-0.4, -0.2) is 161 Å². The van der Waals surface area contributed by atoms with Crippen molar-refractivity contribution in [2.75, 3.05) is 72.0 Å². The van der Waals surface area contributed by atoms with Gasteiger partial charge in [0.25, 0.3) is 5.91 Å². The van der Waals surface area contributed by atoms with Crippen molar-refractivity contribution in [1.29, 1.82) is 0 Å². The third-order valence-corrected chi connectivity index (χ3v) is 15.8. The molecule has 10 atom stereocenters. The Hall–Kier alpha value is -4.11. The van der Waals surface area contributed by atoms with Crippen LogP contribution in [0.4, 0.5) is 5.69 Å². The van der Waals surface area contributed by atoms with E-state index < -0.39 is 61.9 Å². The number of piperidine rings is 1. The quantitative estimate of drug-likeness (QED) is 0.0664. The number of aromatic amines is 1. The average Bonchev–Trinajstić information content (AvgIpc) is 3.93. The Morgan fingerprint density at radius 1 is 1.02 bits per heavy atom. The SMILES string of the molecule is CC[C@]1(O)C[C@H]2CN(CCc3c([nH]c4ccccc34)[C@@](C(=O)OC)(c3cc4c(cc3OC)N(C)[C@H]3[C@@](O)(C(=O)NCCCO)[C@H](O)[C@]5(CC)C=CCN6CC[C@]43[C@@H]65)C2)C1.O=S(=O)(O)O. The number of para-hydroxylation sites is 1. The number of methoxy groups -OCH3 is 2. The highest BCUT2D eigenvalue weighted by Crippen LogP contribution is 2.67. The number of likely N-dealkylation sites (N-methyl/N-ethyl adjacent to an activating group) is 1. The number of ether oxygens (including phenoxy) is 2. The minimum absolute atomic E-state index is 0.0903. The molecule has 3 aromatic rings. The summed E-state index contributed by atoms with van der Waals surface area (Å²) in [7, 11) is 0.258. The van der Waals surface area contributed by atoms with Gasteiger partial charge in [0, 0.05) is 97.2 Å². The van der Waals surface area contributed by atoms with E-state index in [0.717, 1.165) is 33.4 Å². The van der Waals surface area contributed by atoms with Gasteiger partial charge in [0.2, 0.25) is 0 Å². The number of fused-ring (bicyclic) bond motifs is 6. The second-order valence-electron chi connectivity index (χ2n) is 18.9. The van der Waals surface area contributed by atoms with Crippen LogP contribution in [0.25, 0.3) is 10.9 Å². The summed E-state index contributed by atoms with van der Waals surface area (Å²) in [5.41, 5.74) is -1.47. The Kier molecular flexibility index (Phi) is 12.1. The first-order chi connectivity index (χ1) is 30.3. The highest BCUT2D eigenvalue weighted by Gasteiger charge is 2.78. The van der Waals surface area contributed by atoms with Gasteiger partial charge in [0.15, 0.2) is 5.60 Å². The summed E-state index contributed by atoms with van der Waals surface area (Å²) in [6.45, 7) is 7.39. The zero-order valence-corrected chi connectivity index (χ0v) is 38.0. The zero-order valence-electron chi connectivity index (χ0n) is 37.2. The van der Waals surface area contributed by atoms with E-state index in [1.807, 2.05) is 56.1 Å². The van der Waals surface area contributed by atoms with E-state index in [1.54, 1.807) is 7.11 Å². The summed E-state index contributed by atoms with van der Waals surface area (Å²) < 4.78 is 43.9. The van der Waals surface area contributed by atoms with E-state index in [1.165, 1.54) is 7.11 Å². The molecule has 1 spiro atoms. The second kappa shape index (κ2) is 16.6. The van der Waals surface area contributed by atoms with Gasteiger partial charge in [-0.2, -0.15) is 8.42 Å². The van der Waals surface area contributed by atoms with Crippen molar-refractivity contribution in [3.63, 3.8) is 0 Å². The Balaban J connectivity index is 0.00000106. The van der Waals surface area contributed by atoms with Crippen molar-refractivity contribution in [3.05, 3.63) is 70.9 Å². The number of aromatic nitrogens is 1. The highest BCUT2D eigenvalue weighted by molar-refractivity contribution is 7.79. The van der Waals surface area contributed by atoms with Crippen molar-refractivity contribution in [3.8, 4) is 5.75 Å². The minimum Gasteiger partial charge on any atom is -0.496 e. The normalized spacial score (nSPS) is 35.1. The van der Waals surface area contributed by atoms with Crippen molar-refractivity contribution >= 4 is 38.9 Å². The number of esters is 1. The molecule has 2 aromatic carbocycles. The number of aliphatic hydroxyl groups excluding tert-OH is 2. The minimum atomic E-state index is -4.67. The third-order valence-electron chi connectivity index (χ3n) is 15.8. The molecule has 9 rings (SSSR count). The van der Waals surface area contributed by atoms with Crippen LogP contribution in [-0.2, 0) is 42.0 Å². The Morgan fingerprint density at radius 3 is 2.42 bits per heavy atom. The second-order valence-corrected chi connectivity index (χ2v) is 19.8. The van der Waals surface area contributed by atoms with E-state index >= 15 is 4.79 Å². The van der Waals surface area contributed by atoms with Crippen LogP contribution in [0.1, 0.15) is 74.8 Å². The van der Waals surface area contributed by atoms with Crippen LogP contribution >= 0.6 is 0 Å². The Morgan fingerprint density at radius 2 is 1.75 bits per heavy atom. The summed E-state index contributed by atoms with van der Waals surface area (Å²) in [5.74, 6) is -0.727. The molecule has 64 heavy (non-hydrogen) atoms. The van der Waals surface area contributed by atoms with Crippen molar-refractivity contribution in [1.82, 2.24) is 20.1 Å². The molecule has 5 aliphatic heterocycles. The van der Waals surface area contributed by atoms with Gasteiger partial charge in [-0.05, 0) is 80.7 Å². The molecule has 6 aliphatic rings. The van der Waals surface area contributed by atoms with Gasteiger partial charge < -0.3 is 45.1 Å². The van der Waals surface area contributed by atoms with Gasteiger partial charge in [0.1, 0.15) is 17.3 Å². The summed E-state index contributed by atoms with van der Waals surface area (Å²) in [5, 5.41) is 51.3. The number of carbonyl (C=O) groups is 2. The lowest BCUT2D eigenvalue weighted by Gasteiger charge is -2.63. The number of anilines is 1. The Labute approximate surface area is 374 Å². The summed E-state index contributed by atoms with van der Waals surface area (Å²) in [6.07, 6.45) is 6.10.